The first-order valence-electron chi connectivity index (χ1n) is 9.71. The quantitative estimate of drug-likeness (QED) is 0.631. The minimum atomic E-state index is -0.453. The average Bonchev–Trinajstić information content (AvgIpc) is 3.41. The summed E-state index contributed by atoms with van der Waals surface area (Å²) < 4.78 is 24.4. The Morgan fingerprint density at radius 2 is 1.90 bits per heavy atom. The number of ketones is 1. The SMILES string of the molecule is Cc1cc(-c2cccc(CC(=O)C3(c4ccc5c(c4)OCO5)CC3)n2)ccc1F. The summed E-state index contributed by atoms with van der Waals surface area (Å²) in [5, 5.41) is 0. The molecule has 0 spiro atoms. The van der Waals surface area contributed by atoms with Crippen molar-refractivity contribution in [1.82, 2.24) is 4.98 Å². The largest absolute Gasteiger partial charge is 0.454 e. The minimum Gasteiger partial charge on any atom is -0.454 e. The van der Waals surface area contributed by atoms with Gasteiger partial charge in [-0.2, -0.15) is 0 Å². The number of hydrogen-bond donors (Lipinski definition) is 0. The van der Waals surface area contributed by atoms with Gasteiger partial charge < -0.3 is 9.47 Å². The zero-order valence-electron chi connectivity index (χ0n) is 16.1. The number of halogens is 1. The Balaban J connectivity index is 1.39. The Labute approximate surface area is 168 Å². The van der Waals surface area contributed by atoms with Gasteiger partial charge in [-0.15, -0.1) is 0 Å². The highest BCUT2D eigenvalue weighted by atomic mass is 19.1. The molecule has 1 aromatic heterocycles. The highest BCUT2D eigenvalue weighted by Gasteiger charge is 2.50. The second-order valence-corrected chi connectivity index (χ2v) is 7.73. The van der Waals surface area contributed by atoms with Gasteiger partial charge in [-0.05, 0) is 73.4 Å². The zero-order valence-corrected chi connectivity index (χ0v) is 16.1. The molecule has 0 amide bonds. The molecule has 0 radical (unpaired) electrons. The molecule has 0 atom stereocenters. The van der Waals surface area contributed by atoms with E-state index in [0.717, 1.165) is 41.1 Å². The van der Waals surface area contributed by atoms with Gasteiger partial charge >= 0.3 is 0 Å². The number of rotatable bonds is 5. The highest BCUT2D eigenvalue weighted by Crippen LogP contribution is 2.51. The van der Waals surface area contributed by atoms with Crippen LogP contribution in [0.5, 0.6) is 11.5 Å². The van der Waals surface area contributed by atoms with Crippen molar-refractivity contribution >= 4 is 5.78 Å². The fraction of sp³-hybridized carbons (Fsp3) is 0.250. The first-order chi connectivity index (χ1) is 14.0. The number of carbonyl (C=O) groups excluding carboxylic acids is 1. The van der Waals surface area contributed by atoms with Gasteiger partial charge in [0.15, 0.2) is 11.5 Å². The van der Waals surface area contributed by atoms with Crippen molar-refractivity contribution in [1.29, 1.82) is 0 Å². The maximum atomic E-state index is 13.6. The van der Waals surface area contributed by atoms with Crippen LogP contribution < -0.4 is 9.47 Å². The van der Waals surface area contributed by atoms with Crippen molar-refractivity contribution in [3.63, 3.8) is 0 Å². The van der Waals surface area contributed by atoms with Gasteiger partial charge in [0.1, 0.15) is 11.6 Å². The molecule has 1 fully saturated rings. The Bertz CT molecular complexity index is 1120. The summed E-state index contributed by atoms with van der Waals surface area (Å²) >= 11 is 0. The molecule has 2 heterocycles. The van der Waals surface area contributed by atoms with Crippen molar-refractivity contribution in [2.45, 2.75) is 31.6 Å². The van der Waals surface area contributed by atoms with E-state index in [0.29, 0.717) is 11.3 Å². The lowest BCUT2D eigenvalue weighted by molar-refractivity contribution is -0.120. The first-order valence-corrected chi connectivity index (χ1v) is 9.71. The molecule has 1 saturated carbocycles. The van der Waals surface area contributed by atoms with Crippen LogP contribution in [0.15, 0.2) is 54.6 Å². The number of aryl methyl sites for hydroxylation is 1. The molecule has 1 aliphatic heterocycles. The lowest BCUT2D eigenvalue weighted by atomic mass is 9.88. The number of ether oxygens (including phenoxy) is 2. The summed E-state index contributed by atoms with van der Waals surface area (Å²) in [6.45, 7) is 1.95. The van der Waals surface area contributed by atoms with E-state index in [-0.39, 0.29) is 24.8 Å². The Kier molecular flexibility index (Phi) is 4.12. The second-order valence-electron chi connectivity index (χ2n) is 7.73. The van der Waals surface area contributed by atoms with E-state index in [1.807, 2.05) is 36.4 Å². The van der Waals surface area contributed by atoms with Crippen molar-refractivity contribution in [2.75, 3.05) is 6.79 Å². The predicted octanol–water partition coefficient (Wildman–Crippen LogP) is 4.77. The molecule has 0 unspecified atom stereocenters. The zero-order chi connectivity index (χ0) is 20.0. The number of Topliss-reactive ketones (excluding diaryl/α,β-unsaturated/α-hetero) is 1. The normalized spacial score (nSPS) is 15.9. The van der Waals surface area contributed by atoms with Crippen LogP contribution in [0, 0.1) is 12.7 Å². The van der Waals surface area contributed by atoms with Crippen LogP contribution in [0.3, 0.4) is 0 Å². The summed E-state index contributed by atoms with van der Waals surface area (Å²) in [6, 6.07) is 16.3. The van der Waals surface area contributed by atoms with E-state index >= 15 is 0 Å². The lowest BCUT2D eigenvalue weighted by Gasteiger charge is -2.15. The summed E-state index contributed by atoms with van der Waals surface area (Å²) in [5.74, 6) is 1.35. The molecule has 29 heavy (non-hydrogen) atoms. The van der Waals surface area contributed by atoms with Gasteiger partial charge in [0.2, 0.25) is 6.79 Å². The smallest absolute Gasteiger partial charge is 0.231 e. The van der Waals surface area contributed by atoms with Gasteiger partial charge in [0, 0.05) is 17.7 Å². The summed E-state index contributed by atoms with van der Waals surface area (Å²) in [6.07, 6.45) is 1.94. The van der Waals surface area contributed by atoms with E-state index in [2.05, 4.69) is 4.98 Å². The van der Waals surface area contributed by atoms with Crippen LogP contribution >= 0.6 is 0 Å². The van der Waals surface area contributed by atoms with Gasteiger partial charge in [-0.25, -0.2) is 4.39 Å². The molecular weight excluding hydrogens is 369 g/mol. The summed E-state index contributed by atoms with van der Waals surface area (Å²) in [5.41, 5.74) is 3.41. The predicted molar refractivity (Wildman–Crippen MR) is 107 cm³/mol. The summed E-state index contributed by atoms with van der Waals surface area (Å²) in [4.78, 5) is 17.8. The second kappa shape index (κ2) is 6.69. The van der Waals surface area contributed by atoms with E-state index in [1.165, 1.54) is 6.07 Å². The van der Waals surface area contributed by atoms with Crippen LogP contribution in [-0.2, 0) is 16.6 Å². The third-order valence-electron chi connectivity index (χ3n) is 5.81. The van der Waals surface area contributed by atoms with Gasteiger partial charge in [0.05, 0.1) is 11.1 Å². The molecule has 3 aromatic rings. The van der Waals surface area contributed by atoms with Crippen LogP contribution in [0.25, 0.3) is 11.3 Å². The molecule has 146 valence electrons. The molecule has 0 saturated heterocycles. The number of pyridine rings is 1. The van der Waals surface area contributed by atoms with Gasteiger partial charge in [-0.3, -0.25) is 9.78 Å². The van der Waals surface area contributed by atoms with Crippen LogP contribution in [0.2, 0.25) is 0 Å². The van der Waals surface area contributed by atoms with E-state index in [1.54, 1.807) is 19.1 Å². The molecule has 2 aliphatic rings. The number of hydrogen-bond acceptors (Lipinski definition) is 4. The number of benzene rings is 2. The Hall–Kier alpha value is -3.21. The molecule has 0 N–H and O–H groups in total. The fourth-order valence-corrected chi connectivity index (χ4v) is 3.92. The van der Waals surface area contributed by atoms with Crippen LogP contribution in [0.4, 0.5) is 4.39 Å². The maximum absolute atomic E-state index is 13.6. The molecule has 2 aromatic carbocycles. The van der Waals surface area contributed by atoms with Gasteiger partial charge in [0.25, 0.3) is 0 Å². The number of aromatic nitrogens is 1. The van der Waals surface area contributed by atoms with E-state index in [9.17, 15) is 9.18 Å². The maximum Gasteiger partial charge on any atom is 0.231 e. The van der Waals surface area contributed by atoms with Crippen LogP contribution in [-0.4, -0.2) is 17.6 Å². The van der Waals surface area contributed by atoms with Crippen molar-refractivity contribution < 1.29 is 18.7 Å². The topological polar surface area (TPSA) is 48.4 Å². The van der Waals surface area contributed by atoms with Crippen molar-refractivity contribution in [3.8, 4) is 22.8 Å². The highest BCUT2D eigenvalue weighted by molar-refractivity contribution is 5.94. The standard InChI is InChI=1S/C24H20FNO3/c1-15-11-16(5-7-19(15)25)20-4-2-3-18(26-20)13-23(27)24(9-10-24)17-6-8-21-22(12-17)29-14-28-21/h2-8,11-12H,9-10,13-14H2,1H3. The first kappa shape index (κ1) is 17.9. The number of carbonyl (C=O) groups is 1. The van der Waals surface area contributed by atoms with E-state index < -0.39 is 5.41 Å². The van der Waals surface area contributed by atoms with E-state index in [4.69, 9.17) is 9.47 Å². The molecule has 0 bridgehead atoms. The summed E-state index contributed by atoms with van der Waals surface area (Å²) in [7, 11) is 0. The average molecular weight is 389 g/mol. The molecule has 5 rings (SSSR count). The minimum absolute atomic E-state index is 0.163. The molecule has 4 nitrogen and oxygen atoms in total. The van der Waals surface area contributed by atoms with Crippen molar-refractivity contribution in [3.05, 3.63) is 77.2 Å². The fourth-order valence-electron chi connectivity index (χ4n) is 3.92. The third-order valence-corrected chi connectivity index (χ3v) is 5.81. The Morgan fingerprint density at radius 3 is 2.69 bits per heavy atom. The number of fused-ring (bicyclic) bond motifs is 1. The lowest BCUT2D eigenvalue weighted by Crippen LogP contribution is -2.23. The monoisotopic (exact) mass is 389 g/mol. The van der Waals surface area contributed by atoms with Crippen molar-refractivity contribution in [2.24, 2.45) is 0 Å². The van der Waals surface area contributed by atoms with Gasteiger partial charge in [-0.1, -0.05) is 12.1 Å². The molecule has 1 aliphatic carbocycles. The van der Waals surface area contributed by atoms with Crippen LogP contribution in [0.1, 0.15) is 29.7 Å². The Morgan fingerprint density at radius 1 is 1.07 bits per heavy atom. The molecule has 5 heteroatoms. The molecular formula is C24H20FNO3. The third kappa shape index (κ3) is 3.16. The number of nitrogens with zero attached hydrogens (tertiary/aromatic N) is 1.